The monoisotopic (exact) mass is 592 g/mol. The molecule has 222 valence electrons. The van der Waals surface area contributed by atoms with Crippen LogP contribution in [-0.4, -0.2) is 50.1 Å². The summed E-state index contributed by atoms with van der Waals surface area (Å²) in [6, 6.07) is 22.4. The number of aromatic nitrogens is 3. The minimum Gasteiger partial charge on any atom is -0.384 e. The second-order valence-electron chi connectivity index (χ2n) is 11.2. The predicted molar refractivity (Wildman–Crippen MR) is 166 cm³/mol. The fourth-order valence-electron chi connectivity index (χ4n) is 5.31. The fourth-order valence-corrected chi connectivity index (χ4v) is 5.31. The Morgan fingerprint density at radius 1 is 0.977 bits per heavy atom. The number of amides is 2. The Balaban J connectivity index is 1.28. The maximum absolute atomic E-state index is 14.3. The second kappa shape index (κ2) is 11.4. The normalized spacial score (nSPS) is 16.3. The molecule has 0 spiro atoms. The minimum atomic E-state index is -1.36. The van der Waals surface area contributed by atoms with E-state index in [-0.39, 0.29) is 36.3 Å². The predicted octanol–water partition coefficient (Wildman–Crippen LogP) is 5.69. The molecule has 6 rings (SSSR count). The summed E-state index contributed by atoms with van der Waals surface area (Å²) < 4.78 is 29.8. The van der Waals surface area contributed by atoms with Gasteiger partial charge in [-0.1, -0.05) is 18.7 Å². The summed E-state index contributed by atoms with van der Waals surface area (Å²) in [6.45, 7) is 6.01. The largest absolute Gasteiger partial charge is 0.384 e. The Hall–Kier alpha value is -5.38. The van der Waals surface area contributed by atoms with Crippen LogP contribution in [0.1, 0.15) is 35.0 Å². The van der Waals surface area contributed by atoms with Crippen LogP contribution in [0.2, 0.25) is 0 Å². The van der Waals surface area contributed by atoms with Crippen LogP contribution in [-0.2, 0) is 11.3 Å². The van der Waals surface area contributed by atoms with Gasteiger partial charge in [-0.25, -0.2) is 18.3 Å². The Morgan fingerprint density at radius 3 is 2.34 bits per heavy atom. The highest BCUT2D eigenvalue weighted by Crippen LogP contribution is 2.31. The van der Waals surface area contributed by atoms with E-state index in [1.807, 2.05) is 30.3 Å². The number of rotatable bonds is 7. The SMILES string of the molecule is C=C(C(=O)NCc1cc2cc(-c3ccc(C(=O)N4CCC(C)(F)C4)cc3)cc(-c3ccc(F)cc3)n2n1)c1ccc(N)nc1. The molecule has 3 N–H and O–H groups in total. The number of nitrogen functional groups attached to an aromatic ring is 1. The molecule has 2 aromatic carbocycles. The first kappa shape index (κ1) is 28.7. The van der Waals surface area contributed by atoms with Crippen molar-refractivity contribution in [2.45, 2.75) is 25.6 Å². The zero-order chi connectivity index (χ0) is 31.0. The number of nitrogens with zero attached hydrogens (tertiary/aromatic N) is 4. The van der Waals surface area contributed by atoms with Crippen molar-refractivity contribution < 1.29 is 18.4 Å². The number of fused-ring (bicyclic) bond motifs is 1. The number of carbonyl (C=O) groups excluding carboxylic acids is 2. The standard InChI is InChI=1S/C34H30F2N6O2/c1-21(25-9-12-31(37)38-18-25)32(43)39-19-28-17-29-15-26(16-30(42(29)40-28)23-7-10-27(35)11-8-23)22-3-5-24(6-4-22)33(44)41-14-13-34(2,36)20-41/h3-12,15-18H,1,13-14,19-20H2,2H3,(H2,37,38)(H,39,43). The molecule has 4 heterocycles. The molecular weight excluding hydrogens is 562 g/mol. The Morgan fingerprint density at radius 2 is 1.68 bits per heavy atom. The number of nitrogens with one attached hydrogen (secondary N) is 1. The summed E-state index contributed by atoms with van der Waals surface area (Å²) >= 11 is 0. The number of carbonyl (C=O) groups is 2. The van der Waals surface area contributed by atoms with Crippen LogP contribution in [0, 0.1) is 5.82 Å². The molecule has 0 radical (unpaired) electrons. The maximum atomic E-state index is 14.3. The topological polar surface area (TPSA) is 106 Å². The third-order valence-electron chi connectivity index (χ3n) is 7.77. The van der Waals surface area contributed by atoms with Crippen LogP contribution in [0.4, 0.5) is 14.6 Å². The quantitative estimate of drug-likeness (QED) is 0.236. The average Bonchev–Trinajstić information content (AvgIpc) is 3.61. The number of hydrogen-bond donors (Lipinski definition) is 2. The zero-order valence-electron chi connectivity index (χ0n) is 24.1. The third kappa shape index (κ3) is 5.92. The van der Waals surface area contributed by atoms with Crippen LogP contribution in [0.5, 0.6) is 0 Å². The van der Waals surface area contributed by atoms with E-state index >= 15 is 0 Å². The molecule has 1 atom stereocenters. The molecular formula is C34H30F2N6O2. The lowest BCUT2D eigenvalue weighted by molar-refractivity contribution is -0.115. The van der Waals surface area contributed by atoms with E-state index in [0.29, 0.717) is 41.3 Å². The van der Waals surface area contributed by atoms with Gasteiger partial charge >= 0.3 is 0 Å². The van der Waals surface area contributed by atoms with Crippen molar-refractivity contribution >= 4 is 28.7 Å². The van der Waals surface area contributed by atoms with Gasteiger partial charge in [-0.3, -0.25) is 9.59 Å². The van der Waals surface area contributed by atoms with E-state index in [0.717, 1.165) is 22.2 Å². The minimum absolute atomic E-state index is 0.0853. The van der Waals surface area contributed by atoms with Crippen molar-refractivity contribution in [3.05, 3.63) is 114 Å². The van der Waals surface area contributed by atoms with Crippen LogP contribution in [0.25, 0.3) is 33.5 Å². The van der Waals surface area contributed by atoms with Gasteiger partial charge in [-0.15, -0.1) is 0 Å². The van der Waals surface area contributed by atoms with E-state index in [2.05, 4.69) is 16.9 Å². The Bertz CT molecular complexity index is 1880. The highest BCUT2D eigenvalue weighted by molar-refractivity contribution is 6.18. The summed E-state index contributed by atoms with van der Waals surface area (Å²) in [7, 11) is 0. The lowest BCUT2D eigenvalue weighted by atomic mass is 10.0. The van der Waals surface area contributed by atoms with Crippen molar-refractivity contribution in [2.24, 2.45) is 0 Å². The van der Waals surface area contributed by atoms with Gasteiger partial charge in [0, 0.05) is 41.4 Å². The zero-order valence-corrected chi connectivity index (χ0v) is 24.1. The van der Waals surface area contributed by atoms with Crippen LogP contribution in [0.15, 0.2) is 91.6 Å². The first-order valence-corrected chi connectivity index (χ1v) is 14.1. The van der Waals surface area contributed by atoms with Gasteiger partial charge in [0.05, 0.1) is 30.0 Å². The smallest absolute Gasteiger partial charge is 0.253 e. The third-order valence-corrected chi connectivity index (χ3v) is 7.77. The second-order valence-corrected chi connectivity index (χ2v) is 11.2. The molecule has 3 aromatic heterocycles. The number of hydrogen-bond acceptors (Lipinski definition) is 5. The summed E-state index contributed by atoms with van der Waals surface area (Å²) in [5.74, 6) is -0.570. The molecule has 1 unspecified atom stereocenters. The van der Waals surface area contributed by atoms with Gasteiger partial charge in [0.1, 0.15) is 17.3 Å². The molecule has 1 saturated heterocycles. The first-order valence-electron chi connectivity index (χ1n) is 14.1. The summed E-state index contributed by atoms with van der Waals surface area (Å²) in [4.78, 5) is 31.3. The molecule has 44 heavy (non-hydrogen) atoms. The van der Waals surface area contributed by atoms with E-state index < -0.39 is 5.67 Å². The number of benzene rings is 2. The van der Waals surface area contributed by atoms with E-state index in [4.69, 9.17) is 10.8 Å². The number of anilines is 1. The van der Waals surface area contributed by atoms with Crippen LogP contribution >= 0.6 is 0 Å². The van der Waals surface area contributed by atoms with Crippen molar-refractivity contribution in [1.29, 1.82) is 0 Å². The highest BCUT2D eigenvalue weighted by Gasteiger charge is 2.36. The van der Waals surface area contributed by atoms with Crippen LogP contribution < -0.4 is 11.1 Å². The van der Waals surface area contributed by atoms with Gasteiger partial charge < -0.3 is 16.0 Å². The molecule has 0 bridgehead atoms. The van der Waals surface area contributed by atoms with E-state index in [1.165, 1.54) is 25.3 Å². The van der Waals surface area contributed by atoms with E-state index in [9.17, 15) is 18.4 Å². The highest BCUT2D eigenvalue weighted by atomic mass is 19.1. The molecule has 2 amide bonds. The van der Waals surface area contributed by atoms with Crippen molar-refractivity contribution in [3.8, 4) is 22.4 Å². The van der Waals surface area contributed by atoms with Gasteiger partial charge in [-0.05, 0) is 84.8 Å². The Labute approximate surface area is 252 Å². The number of likely N-dealkylation sites (tertiary alicyclic amines) is 1. The number of halogens is 2. The number of nitrogens with two attached hydrogens (primary N) is 1. The number of alkyl halides is 1. The molecule has 1 aliphatic rings. The lowest BCUT2D eigenvalue weighted by Crippen LogP contribution is -2.31. The van der Waals surface area contributed by atoms with Crippen LogP contribution in [0.3, 0.4) is 0 Å². The summed E-state index contributed by atoms with van der Waals surface area (Å²) in [5.41, 5.74) is 10.1. The lowest BCUT2D eigenvalue weighted by Gasteiger charge is -2.18. The Kier molecular flexibility index (Phi) is 7.42. The van der Waals surface area contributed by atoms with Crippen molar-refractivity contribution in [2.75, 3.05) is 18.8 Å². The summed E-state index contributed by atoms with van der Waals surface area (Å²) in [5, 5.41) is 7.57. The van der Waals surface area contributed by atoms with Crippen molar-refractivity contribution in [3.63, 3.8) is 0 Å². The molecule has 1 aliphatic heterocycles. The first-order chi connectivity index (χ1) is 21.1. The van der Waals surface area contributed by atoms with Crippen molar-refractivity contribution in [1.82, 2.24) is 24.8 Å². The van der Waals surface area contributed by atoms with Gasteiger partial charge in [-0.2, -0.15) is 5.10 Å². The van der Waals surface area contributed by atoms with Gasteiger partial charge in [0.15, 0.2) is 0 Å². The molecule has 0 saturated carbocycles. The fraction of sp³-hybridized carbons (Fsp3) is 0.176. The van der Waals surface area contributed by atoms with E-state index in [1.54, 1.807) is 45.8 Å². The average molecular weight is 593 g/mol. The van der Waals surface area contributed by atoms with Gasteiger partial charge in [0.25, 0.3) is 11.8 Å². The molecule has 8 nitrogen and oxygen atoms in total. The molecule has 0 aliphatic carbocycles. The maximum Gasteiger partial charge on any atom is 0.253 e. The number of pyridine rings is 2. The molecule has 10 heteroatoms. The molecule has 5 aromatic rings. The summed E-state index contributed by atoms with van der Waals surface area (Å²) in [6.07, 6.45) is 1.82. The molecule has 1 fully saturated rings. The van der Waals surface area contributed by atoms with Gasteiger partial charge in [0.2, 0.25) is 0 Å².